The van der Waals surface area contributed by atoms with E-state index < -0.39 is 0 Å². The van der Waals surface area contributed by atoms with Crippen LogP contribution in [0.15, 0.2) is 27.8 Å². The Morgan fingerprint density at radius 2 is 2.16 bits per heavy atom. The highest BCUT2D eigenvalue weighted by Gasteiger charge is 2.26. The molecule has 0 aliphatic carbocycles. The molecule has 3 rings (SSSR count). The summed E-state index contributed by atoms with van der Waals surface area (Å²) in [7, 11) is 0. The first-order valence-electron chi connectivity index (χ1n) is 11.5. The van der Waals surface area contributed by atoms with Crippen LogP contribution in [-0.2, 0) is 30.7 Å². The van der Waals surface area contributed by atoms with Crippen molar-refractivity contribution in [2.75, 3.05) is 24.5 Å². The number of aromatic nitrogens is 2. The number of rotatable bonds is 9. The van der Waals surface area contributed by atoms with Crippen molar-refractivity contribution in [1.82, 2.24) is 20.8 Å². The number of carbonyl (C=O) groups excluding carboxylic acids is 1. The number of hydrogen-bond acceptors (Lipinski definition) is 6. The first-order valence-corrected chi connectivity index (χ1v) is 11.5. The number of carbonyl (C=O) groups is 1. The predicted octanol–water partition coefficient (Wildman–Crippen LogP) is 2.15. The van der Waals surface area contributed by atoms with Gasteiger partial charge in [0.05, 0.1) is 18.2 Å². The second-order valence-corrected chi connectivity index (χ2v) is 7.96. The zero-order valence-corrected chi connectivity index (χ0v) is 19.4. The number of aryl methyl sites for hydroxylation is 2. The summed E-state index contributed by atoms with van der Waals surface area (Å²) in [6, 6.07) is 3.95. The molecule has 0 spiro atoms. The molecule has 1 amide bonds. The van der Waals surface area contributed by atoms with Crippen molar-refractivity contribution >= 4 is 17.7 Å². The zero-order valence-electron chi connectivity index (χ0n) is 19.4. The van der Waals surface area contributed by atoms with Gasteiger partial charge in [0, 0.05) is 49.9 Å². The number of nitrogens with zero attached hydrogens (tertiary/aromatic N) is 4. The van der Waals surface area contributed by atoms with E-state index in [9.17, 15) is 4.79 Å². The van der Waals surface area contributed by atoms with Gasteiger partial charge in [-0.05, 0) is 32.3 Å². The van der Waals surface area contributed by atoms with Crippen LogP contribution in [-0.4, -0.2) is 41.6 Å². The summed E-state index contributed by atoms with van der Waals surface area (Å²) < 4.78 is 5.47. The summed E-state index contributed by atoms with van der Waals surface area (Å²) in [4.78, 5) is 23.2. The molecule has 1 atom stereocenters. The van der Waals surface area contributed by atoms with Gasteiger partial charge >= 0.3 is 0 Å². The lowest BCUT2D eigenvalue weighted by atomic mass is 9.97. The molecule has 1 aliphatic rings. The standard InChI is InChI=1S/C23H35N7O2/c1-4-19-18(20(5-2)32-29-19)14-28-23(25-6-3)27-13-16-9-7-11-26-22(16)30-12-8-10-17(15-30)21(24)31/h7,9,11,17H,4-6,8,10,12-15H2,1-3H3,(H2,24,31)(H2,25,27,28). The van der Waals surface area contributed by atoms with E-state index in [-0.39, 0.29) is 11.8 Å². The van der Waals surface area contributed by atoms with Crippen molar-refractivity contribution < 1.29 is 9.32 Å². The van der Waals surface area contributed by atoms with Crippen LogP contribution in [0.5, 0.6) is 0 Å². The number of guanidine groups is 1. The van der Waals surface area contributed by atoms with Crippen LogP contribution < -0.4 is 21.3 Å². The van der Waals surface area contributed by atoms with Crippen molar-refractivity contribution in [2.24, 2.45) is 16.6 Å². The number of nitrogens with one attached hydrogen (secondary N) is 2. The number of amides is 1. The Morgan fingerprint density at radius 1 is 1.31 bits per heavy atom. The van der Waals surface area contributed by atoms with Gasteiger partial charge in [0.15, 0.2) is 5.96 Å². The van der Waals surface area contributed by atoms with E-state index in [4.69, 9.17) is 15.2 Å². The molecule has 1 saturated heterocycles. The van der Waals surface area contributed by atoms with Crippen molar-refractivity contribution in [1.29, 1.82) is 0 Å². The maximum atomic E-state index is 11.7. The molecule has 2 aromatic heterocycles. The summed E-state index contributed by atoms with van der Waals surface area (Å²) in [6.07, 6.45) is 5.18. The third kappa shape index (κ3) is 5.77. The van der Waals surface area contributed by atoms with Gasteiger partial charge in [-0.1, -0.05) is 25.1 Å². The first kappa shape index (κ1) is 23.6. The molecule has 1 aliphatic heterocycles. The number of nitrogens with two attached hydrogens (primary N) is 1. The van der Waals surface area contributed by atoms with Gasteiger partial charge in [0.1, 0.15) is 11.6 Å². The molecule has 32 heavy (non-hydrogen) atoms. The Balaban J connectivity index is 1.73. The van der Waals surface area contributed by atoms with Crippen molar-refractivity contribution in [3.05, 3.63) is 40.9 Å². The van der Waals surface area contributed by atoms with Gasteiger partial charge in [0.2, 0.25) is 5.91 Å². The fraction of sp³-hybridized carbons (Fsp3) is 0.565. The van der Waals surface area contributed by atoms with E-state index in [2.05, 4.69) is 39.5 Å². The number of primary amides is 1. The van der Waals surface area contributed by atoms with Gasteiger partial charge in [0.25, 0.3) is 0 Å². The van der Waals surface area contributed by atoms with Crippen LogP contribution in [0, 0.1) is 5.92 Å². The van der Waals surface area contributed by atoms with E-state index in [1.165, 1.54) is 0 Å². The Bertz CT molecular complexity index is 903. The average Bonchev–Trinajstić information content (AvgIpc) is 3.23. The topological polar surface area (TPSA) is 122 Å². The minimum absolute atomic E-state index is 0.134. The molecule has 4 N–H and O–H groups in total. The molecule has 0 saturated carbocycles. The van der Waals surface area contributed by atoms with Gasteiger partial charge < -0.3 is 25.8 Å². The van der Waals surface area contributed by atoms with Gasteiger partial charge in [-0.25, -0.2) is 9.98 Å². The number of anilines is 1. The lowest BCUT2D eigenvalue weighted by Crippen LogP contribution is -2.42. The molecule has 174 valence electrons. The summed E-state index contributed by atoms with van der Waals surface area (Å²) in [5.41, 5.74) is 8.66. The van der Waals surface area contributed by atoms with Crippen molar-refractivity contribution in [3.63, 3.8) is 0 Å². The Kier molecular flexibility index (Phi) is 8.47. The van der Waals surface area contributed by atoms with Crippen LogP contribution >= 0.6 is 0 Å². The van der Waals surface area contributed by atoms with E-state index in [0.29, 0.717) is 19.6 Å². The van der Waals surface area contributed by atoms with Crippen LogP contribution in [0.1, 0.15) is 56.2 Å². The van der Waals surface area contributed by atoms with Gasteiger partial charge in [-0.3, -0.25) is 4.79 Å². The Morgan fingerprint density at radius 3 is 2.88 bits per heavy atom. The molecule has 3 heterocycles. The van der Waals surface area contributed by atoms with Crippen molar-refractivity contribution in [2.45, 2.75) is 59.5 Å². The normalized spacial score (nSPS) is 16.8. The fourth-order valence-electron chi connectivity index (χ4n) is 4.06. The molecule has 1 fully saturated rings. The molecule has 2 aromatic rings. The highest BCUT2D eigenvalue weighted by Crippen LogP contribution is 2.25. The maximum absolute atomic E-state index is 11.7. The minimum Gasteiger partial charge on any atom is -0.369 e. The highest BCUT2D eigenvalue weighted by atomic mass is 16.5. The lowest BCUT2D eigenvalue weighted by Gasteiger charge is -2.33. The van der Waals surface area contributed by atoms with E-state index in [1.54, 1.807) is 6.20 Å². The smallest absolute Gasteiger partial charge is 0.222 e. The molecular formula is C23H35N7O2. The molecule has 0 aromatic carbocycles. The van der Waals surface area contributed by atoms with Gasteiger partial charge in [-0.2, -0.15) is 0 Å². The highest BCUT2D eigenvalue weighted by molar-refractivity contribution is 5.80. The third-order valence-corrected chi connectivity index (χ3v) is 5.78. The Hall–Kier alpha value is -3.10. The maximum Gasteiger partial charge on any atom is 0.222 e. The SMILES string of the molecule is CCNC(=NCc1cccnc1N1CCCC(C(N)=O)C1)NCc1c(CC)noc1CC. The summed E-state index contributed by atoms with van der Waals surface area (Å²) in [6.45, 7) is 9.48. The van der Waals surface area contributed by atoms with E-state index in [1.807, 2.05) is 19.1 Å². The molecule has 1 unspecified atom stereocenters. The first-order chi connectivity index (χ1) is 15.6. The monoisotopic (exact) mass is 441 g/mol. The Labute approximate surface area is 189 Å². The summed E-state index contributed by atoms with van der Waals surface area (Å²) >= 11 is 0. The average molecular weight is 442 g/mol. The summed E-state index contributed by atoms with van der Waals surface area (Å²) in [5.74, 6) is 2.13. The van der Waals surface area contributed by atoms with Gasteiger partial charge in [-0.15, -0.1) is 0 Å². The van der Waals surface area contributed by atoms with Crippen LogP contribution in [0.4, 0.5) is 5.82 Å². The molecular weight excluding hydrogens is 406 g/mol. The van der Waals surface area contributed by atoms with E-state index >= 15 is 0 Å². The zero-order chi connectivity index (χ0) is 22.9. The third-order valence-electron chi connectivity index (χ3n) is 5.78. The largest absolute Gasteiger partial charge is 0.369 e. The van der Waals surface area contributed by atoms with Crippen LogP contribution in [0.2, 0.25) is 0 Å². The number of aliphatic imine (C=N–C) groups is 1. The number of pyridine rings is 1. The van der Waals surface area contributed by atoms with E-state index in [0.717, 1.165) is 73.1 Å². The molecule has 0 bridgehead atoms. The molecule has 9 nitrogen and oxygen atoms in total. The summed E-state index contributed by atoms with van der Waals surface area (Å²) in [5, 5.41) is 10.9. The van der Waals surface area contributed by atoms with Crippen LogP contribution in [0.25, 0.3) is 0 Å². The molecule has 9 heteroatoms. The predicted molar refractivity (Wildman–Crippen MR) is 125 cm³/mol. The number of piperidine rings is 1. The van der Waals surface area contributed by atoms with Crippen LogP contribution in [0.3, 0.4) is 0 Å². The lowest BCUT2D eigenvalue weighted by molar-refractivity contribution is -0.122. The second kappa shape index (κ2) is 11.5. The fourth-order valence-corrected chi connectivity index (χ4v) is 4.06. The second-order valence-electron chi connectivity index (χ2n) is 7.96. The quantitative estimate of drug-likeness (QED) is 0.403. The van der Waals surface area contributed by atoms with Crippen molar-refractivity contribution in [3.8, 4) is 0 Å². The molecule has 0 radical (unpaired) electrons. The number of hydrogen-bond donors (Lipinski definition) is 3. The minimum atomic E-state index is -0.240.